The summed E-state index contributed by atoms with van der Waals surface area (Å²) in [5, 5.41) is 2.76. The van der Waals surface area contributed by atoms with E-state index in [0.717, 1.165) is 24.1 Å². The third-order valence-corrected chi connectivity index (χ3v) is 5.67. The highest BCUT2D eigenvalue weighted by Crippen LogP contribution is 2.31. The topological polar surface area (TPSA) is 83.6 Å². The number of nitrogens with zero attached hydrogens (tertiary/aromatic N) is 1. The van der Waals surface area contributed by atoms with Crippen molar-refractivity contribution in [1.29, 1.82) is 0 Å². The highest BCUT2D eigenvalue weighted by atomic mass is 32.2. The molecule has 0 aromatic heterocycles. The molecule has 0 unspecified atom stereocenters. The standard InChI is InChI=1S/C20H22N2O4S/c1-3-19(23)21-16-8-4-6-15(12-16)20(24)22-11-5-7-14-13-17(27(2,25)26)9-10-18(14)22/h4,6,8-10,12-13H,3,5,7,11H2,1-2H3,(H,21,23). The molecule has 0 atom stereocenters. The minimum Gasteiger partial charge on any atom is -0.326 e. The first-order chi connectivity index (χ1) is 12.8. The summed E-state index contributed by atoms with van der Waals surface area (Å²) < 4.78 is 23.6. The van der Waals surface area contributed by atoms with E-state index < -0.39 is 9.84 Å². The number of sulfone groups is 1. The van der Waals surface area contributed by atoms with Gasteiger partial charge in [-0.2, -0.15) is 0 Å². The Kier molecular flexibility index (Phi) is 5.32. The van der Waals surface area contributed by atoms with Crippen molar-refractivity contribution in [3.05, 3.63) is 53.6 Å². The number of hydrogen-bond acceptors (Lipinski definition) is 4. The molecule has 2 aromatic rings. The average molecular weight is 386 g/mol. The molecule has 7 heteroatoms. The number of rotatable bonds is 4. The summed E-state index contributed by atoms with van der Waals surface area (Å²) in [5.41, 5.74) is 2.65. The zero-order valence-corrected chi connectivity index (χ0v) is 16.2. The molecular formula is C20H22N2O4S. The second kappa shape index (κ2) is 7.52. The highest BCUT2D eigenvalue weighted by molar-refractivity contribution is 7.90. The van der Waals surface area contributed by atoms with Crippen LogP contribution in [0.1, 0.15) is 35.7 Å². The maximum Gasteiger partial charge on any atom is 0.258 e. The maximum absolute atomic E-state index is 13.0. The lowest BCUT2D eigenvalue weighted by atomic mass is 10.0. The van der Waals surface area contributed by atoms with Gasteiger partial charge in [-0.05, 0) is 54.8 Å². The van der Waals surface area contributed by atoms with Crippen LogP contribution < -0.4 is 10.2 Å². The van der Waals surface area contributed by atoms with E-state index in [1.165, 1.54) is 12.3 Å². The van der Waals surface area contributed by atoms with Crippen LogP contribution in [0.2, 0.25) is 0 Å². The summed E-state index contributed by atoms with van der Waals surface area (Å²) >= 11 is 0. The lowest BCUT2D eigenvalue weighted by Crippen LogP contribution is -2.35. The quantitative estimate of drug-likeness (QED) is 0.875. The van der Waals surface area contributed by atoms with Crippen LogP contribution in [-0.2, 0) is 21.1 Å². The summed E-state index contributed by atoms with van der Waals surface area (Å²) in [5.74, 6) is -0.285. The van der Waals surface area contributed by atoms with Gasteiger partial charge in [0.2, 0.25) is 5.91 Å². The molecule has 0 radical (unpaired) electrons. The zero-order valence-electron chi connectivity index (χ0n) is 15.4. The predicted octanol–water partition coefficient (Wildman–Crippen LogP) is 3.03. The number of aryl methyl sites for hydroxylation is 1. The number of benzene rings is 2. The van der Waals surface area contributed by atoms with Gasteiger partial charge >= 0.3 is 0 Å². The summed E-state index contributed by atoms with van der Waals surface area (Å²) in [7, 11) is -3.29. The molecule has 6 nitrogen and oxygen atoms in total. The van der Waals surface area contributed by atoms with Crippen LogP contribution in [0.4, 0.5) is 11.4 Å². The van der Waals surface area contributed by atoms with E-state index >= 15 is 0 Å². The number of hydrogen-bond donors (Lipinski definition) is 1. The number of fused-ring (bicyclic) bond motifs is 1. The lowest BCUT2D eigenvalue weighted by molar-refractivity contribution is -0.115. The molecule has 2 aromatic carbocycles. The van der Waals surface area contributed by atoms with Crippen LogP contribution in [0.15, 0.2) is 47.4 Å². The second-order valence-electron chi connectivity index (χ2n) is 6.61. The van der Waals surface area contributed by atoms with Crippen molar-refractivity contribution >= 4 is 33.0 Å². The van der Waals surface area contributed by atoms with Crippen LogP contribution in [0.25, 0.3) is 0 Å². The van der Waals surface area contributed by atoms with Gasteiger partial charge in [-0.15, -0.1) is 0 Å². The molecule has 27 heavy (non-hydrogen) atoms. The van der Waals surface area contributed by atoms with Gasteiger partial charge in [0.1, 0.15) is 0 Å². The number of anilines is 2. The normalized spacial score (nSPS) is 13.8. The summed E-state index contributed by atoms with van der Waals surface area (Å²) in [4.78, 5) is 26.6. The molecule has 0 saturated heterocycles. The Morgan fingerprint density at radius 3 is 2.63 bits per heavy atom. The van der Waals surface area contributed by atoms with Crippen molar-refractivity contribution in [2.75, 3.05) is 23.0 Å². The Morgan fingerprint density at radius 1 is 1.15 bits per heavy atom. The third-order valence-electron chi connectivity index (χ3n) is 4.56. The van der Waals surface area contributed by atoms with Crippen LogP contribution in [0.5, 0.6) is 0 Å². The van der Waals surface area contributed by atoms with E-state index in [1.807, 2.05) is 0 Å². The van der Waals surface area contributed by atoms with Crippen molar-refractivity contribution in [1.82, 2.24) is 0 Å². The molecule has 0 fully saturated rings. The monoisotopic (exact) mass is 386 g/mol. The van der Waals surface area contributed by atoms with E-state index in [-0.39, 0.29) is 16.7 Å². The summed E-state index contributed by atoms with van der Waals surface area (Å²) in [6, 6.07) is 11.7. The summed E-state index contributed by atoms with van der Waals surface area (Å²) in [6.07, 6.45) is 3.03. The van der Waals surface area contributed by atoms with Gasteiger partial charge in [-0.25, -0.2) is 8.42 Å². The fourth-order valence-electron chi connectivity index (χ4n) is 3.15. The van der Waals surface area contributed by atoms with E-state index in [0.29, 0.717) is 24.2 Å². The van der Waals surface area contributed by atoms with Gasteiger partial charge in [-0.3, -0.25) is 9.59 Å². The fraction of sp³-hybridized carbons (Fsp3) is 0.300. The number of amides is 2. The highest BCUT2D eigenvalue weighted by Gasteiger charge is 2.25. The Hall–Kier alpha value is -2.67. The first kappa shape index (κ1) is 19.1. The molecule has 1 heterocycles. The van der Waals surface area contributed by atoms with Crippen LogP contribution in [0.3, 0.4) is 0 Å². The number of nitrogens with one attached hydrogen (secondary N) is 1. The Balaban J connectivity index is 1.91. The largest absolute Gasteiger partial charge is 0.326 e. The smallest absolute Gasteiger partial charge is 0.258 e. The molecule has 1 aliphatic heterocycles. The molecular weight excluding hydrogens is 364 g/mol. The lowest BCUT2D eigenvalue weighted by Gasteiger charge is -2.30. The average Bonchev–Trinajstić information content (AvgIpc) is 2.66. The van der Waals surface area contributed by atoms with Gasteiger partial charge in [0.15, 0.2) is 9.84 Å². The van der Waals surface area contributed by atoms with E-state index in [4.69, 9.17) is 0 Å². The van der Waals surface area contributed by atoms with Crippen LogP contribution >= 0.6 is 0 Å². The van der Waals surface area contributed by atoms with Crippen LogP contribution in [-0.4, -0.2) is 33.0 Å². The first-order valence-electron chi connectivity index (χ1n) is 8.84. The van der Waals surface area contributed by atoms with E-state index in [2.05, 4.69) is 5.32 Å². The summed E-state index contributed by atoms with van der Waals surface area (Å²) in [6.45, 7) is 2.33. The first-order valence-corrected chi connectivity index (χ1v) is 10.7. The number of carbonyl (C=O) groups is 2. The Morgan fingerprint density at radius 2 is 1.93 bits per heavy atom. The van der Waals surface area contributed by atoms with E-state index in [9.17, 15) is 18.0 Å². The molecule has 0 bridgehead atoms. The second-order valence-corrected chi connectivity index (χ2v) is 8.62. The minimum absolute atomic E-state index is 0.115. The molecule has 0 aliphatic carbocycles. The predicted molar refractivity (Wildman–Crippen MR) is 105 cm³/mol. The van der Waals surface area contributed by atoms with Gasteiger partial charge in [0.05, 0.1) is 4.90 Å². The number of carbonyl (C=O) groups excluding carboxylic acids is 2. The molecule has 3 rings (SSSR count). The fourth-order valence-corrected chi connectivity index (χ4v) is 3.82. The van der Waals surface area contributed by atoms with Crippen molar-refractivity contribution in [2.45, 2.75) is 31.1 Å². The van der Waals surface area contributed by atoms with Crippen molar-refractivity contribution in [3.8, 4) is 0 Å². The molecule has 1 N–H and O–H groups in total. The Labute approximate surface area is 159 Å². The van der Waals surface area contributed by atoms with Crippen LogP contribution in [0, 0.1) is 0 Å². The van der Waals surface area contributed by atoms with Crippen molar-refractivity contribution in [3.63, 3.8) is 0 Å². The van der Waals surface area contributed by atoms with Crippen molar-refractivity contribution in [2.24, 2.45) is 0 Å². The molecule has 0 spiro atoms. The van der Waals surface area contributed by atoms with Gasteiger partial charge in [-0.1, -0.05) is 13.0 Å². The maximum atomic E-state index is 13.0. The van der Waals surface area contributed by atoms with Gasteiger partial charge in [0.25, 0.3) is 5.91 Å². The molecule has 2 amide bonds. The zero-order chi connectivity index (χ0) is 19.6. The minimum atomic E-state index is -3.29. The molecule has 0 saturated carbocycles. The third kappa shape index (κ3) is 4.19. The molecule has 142 valence electrons. The SMILES string of the molecule is CCC(=O)Nc1cccc(C(=O)N2CCCc3cc(S(C)(=O)=O)ccc32)c1. The van der Waals surface area contributed by atoms with E-state index in [1.54, 1.807) is 48.2 Å². The Bertz CT molecular complexity index is 999. The molecule has 1 aliphatic rings. The van der Waals surface area contributed by atoms with Gasteiger partial charge < -0.3 is 10.2 Å². The van der Waals surface area contributed by atoms with Crippen molar-refractivity contribution < 1.29 is 18.0 Å². The van der Waals surface area contributed by atoms with Gasteiger partial charge in [0, 0.05) is 36.2 Å².